The van der Waals surface area contributed by atoms with Crippen molar-refractivity contribution in [3.8, 4) is 0 Å². The lowest BCUT2D eigenvalue weighted by molar-refractivity contribution is 0.579. The van der Waals surface area contributed by atoms with Crippen LogP contribution >= 0.6 is 23.1 Å². The van der Waals surface area contributed by atoms with Gasteiger partial charge >= 0.3 is 0 Å². The molecule has 0 saturated heterocycles. The van der Waals surface area contributed by atoms with Crippen LogP contribution in [0.1, 0.15) is 0 Å². The average Bonchev–Trinajstić information content (AvgIpc) is 2.66. The first kappa shape index (κ1) is 11.3. The van der Waals surface area contributed by atoms with Crippen LogP contribution in [0.5, 0.6) is 0 Å². The smallest absolute Gasteiger partial charge is 0.213 e. The molecule has 2 aromatic heterocycles. The highest BCUT2D eigenvalue weighted by Gasteiger charge is 2.07. The standard InChI is InChI=1S/C9H9FN4S2/c1-14(2)8-12-13-9(16-8)15-6-3-4-11-7(10)5-6/h3-5H,1-2H3. The molecule has 0 unspecified atom stereocenters. The van der Waals surface area contributed by atoms with Crippen molar-refractivity contribution >= 4 is 28.2 Å². The molecule has 0 fully saturated rings. The highest BCUT2D eigenvalue weighted by Crippen LogP contribution is 2.32. The van der Waals surface area contributed by atoms with E-state index in [1.54, 1.807) is 6.07 Å². The first-order chi connectivity index (χ1) is 7.65. The molecule has 0 bridgehead atoms. The van der Waals surface area contributed by atoms with Crippen LogP contribution in [0, 0.1) is 5.95 Å². The van der Waals surface area contributed by atoms with Gasteiger partial charge in [-0.3, -0.25) is 0 Å². The lowest BCUT2D eigenvalue weighted by Crippen LogP contribution is -2.07. The van der Waals surface area contributed by atoms with Crippen LogP contribution in [0.3, 0.4) is 0 Å². The predicted molar refractivity (Wildman–Crippen MR) is 62.6 cm³/mol. The summed E-state index contributed by atoms with van der Waals surface area (Å²) in [4.78, 5) is 6.15. The monoisotopic (exact) mass is 256 g/mol. The van der Waals surface area contributed by atoms with Crippen molar-refractivity contribution in [1.82, 2.24) is 15.2 Å². The Morgan fingerprint density at radius 2 is 2.19 bits per heavy atom. The lowest BCUT2D eigenvalue weighted by atomic mass is 10.5. The molecule has 0 spiro atoms. The third kappa shape index (κ3) is 2.67. The molecule has 2 heterocycles. The number of aromatic nitrogens is 3. The van der Waals surface area contributed by atoms with Crippen LogP contribution in [0.15, 0.2) is 27.6 Å². The molecule has 0 aliphatic carbocycles. The molecule has 0 aliphatic heterocycles. The molecule has 2 aromatic rings. The summed E-state index contributed by atoms with van der Waals surface area (Å²) in [6.07, 6.45) is 1.44. The minimum Gasteiger partial charge on any atom is -0.353 e. The molecule has 0 N–H and O–H groups in total. The Kier molecular flexibility index (Phi) is 3.35. The SMILES string of the molecule is CN(C)c1nnc(Sc2ccnc(F)c2)s1. The predicted octanol–water partition coefficient (Wildman–Crippen LogP) is 2.29. The van der Waals surface area contributed by atoms with E-state index in [1.807, 2.05) is 19.0 Å². The van der Waals surface area contributed by atoms with E-state index in [1.165, 1.54) is 35.4 Å². The van der Waals surface area contributed by atoms with Crippen LogP contribution in [0.4, 0.5) is 9.52 Å². The maximum absolute atomic E-state index is 12.8. The molecule has 0 aromatic carbocycles. The maximum Gasteiger partial charge on any atom is 0.213 e. The van der Waals surface area contributed by atoms with Gasteiger partial charge in [0.15, 0.2) is 4.34 Å². The Morgan fingerprint density at radius 3 is 2.81 bits per heavy atom. The Bertz CT molecular complexity index is 486. The van der Waals surface area contributed by atoms with Crippen LogP contribution < -0.4 is 4.90 Å². The number of hydrogen-bond acceptors (Lipinski definition) is 6. The Hall–Kier alpha value is -1.21. The lowest BCUT2D eigenvalue weighted by Gasteiger charge is -2.03. The van der Waals surface area contributed by atoms with E-state index in [0.717, 1.165) is 14.4 Å². The first-order valence-electron chi connectivity index (χ1n) is 4.45. The fourth-order valence-electron chi connectivity index (χ4n) is 0.973. The number of hydrogen-bond donors (Lipinski definition) is 0. The van der Waals surface area contributed by atoms with Crippen molar-refractivity contribution in [2.45, 2.75) is 9.24 Å². The summed E-state index contributed by atoms with van der Waals surface area (Å²) in [6.45, 7) is 0. The summed E-state index contributed by atoms with van der Waals surface area (Å²) < 4.78 is 13.6. The molecule has 0 atom stereocenters. The van der Waals surface area contributed by atoms with E-state index in [9.17, 15) is 4.39 Å². The summed E-state index contributed by atoms with van der Waals surface area (Å²) >= 11 is 2.84. The van der Waals surface area contributed by atoms with Gasteiger partial charge in [-0.05, 0) is 6.07 Å². The molecule has 0 saturated carbocycles. The molecule has 7 heteroatoms. The van der Waals surface area contributed by atoms with Gasteiger partial charge in [-0.2, -0.15) is 4.39 Å². The van der Waals surface area contributed by atoms with Gasteiger partial charge < -0.3 is 4.90 Å². The molecular formula is C9H9FN4S2. The van der Waals surface area contributed by atoms with E-state index in [-0.39, 0.29) is 0 Å². The van der Waals surface area contributed by atoms with Crippen LogP contribution in [0.2, 0.25) is 0 Å². The van der Waals surface area contributed by atoms with Crippen molar-refractivity contribution < 1.29 is 4.39 Å². The van der Waals surface area contributed by atoms with E-state index < -0.39 is 5.95 Å². The van der Waals surface area contributed by atoms with Crippen LogP contribution in [-0.2, 0) is 0 Å². The second-order valence-corrected chi connectivity index (χ2v) is 5.44. The van der Waals surface area contributed by atoms with E-state index in [0.29, 0.717) is 0 Å². The van der Waals surface area contributed by atoms with Gasteiger partial charge in [0.2, 0.25) is 11.1 Å². The Morgan fingerprint density at radius 1 is 1.38 bits per heavy atom. The second-order valence-electron chi connectivity index (χ2n) is 3.16. The molecule has 16 heavy (non-hydrogen) atoms. The molecule has 0 amide bonds. The van der Waals surface area contributed by atoms with Crippen molar-refractivity contribution in [2.24, 2.45) is 0 Å². The molecular weight excluding hydrogens is 247 g/mol. The maximum atomic E-state index is 12.8. The fraction of sp³-hybridized carbons (Fsp3) is 0.222. The number of halogens is 1. The number of anilines is 1. The van der Waals surface area contributed by atoms with Gasteiger partial charge in [-0.25, -0.2) is 4.98 Å². The first-order valence-corrected chi connectivity index (χ1v) is 6.08. The zero-order valence-electron chi connectivity index (χ0n) is 8.72. The topological polar surface area (TPSA) is 41.9 Å². The normalized spacial score (nSPS) is 10.4. The highest BCUT2D eigenvalue weighted by molar-refractivity contribution is 8.01. The molecule has 4 nitrogen and oxygen atoms in total. The summed E-state index contributed by atoms with van der Waals surface area (Å²) in [5.74, 6) is -0.484. The van der Waals surface area contributed by atoms with Crippen LogP contribution in [0.25, 0.3) is 0 Å². The summed E-state index contributed by atoms with van der Waals surface area (Å²) in [7, 11) is 3.81. The highest BCUT2D eigenvalue weighted by atomic mass is 32.2. The van der Waals surface area contributed by atoms with E-state index in [2.05, 4.69) is 15.2 Å². The van der Waals surface area contributed by atoms with E-state index in [4.69, 9.17) is 0 Å². The third-order valence-electron chi connectivity index (χ3n) is 1.68. The van der Waals surface area contributed by atoms with Crippen molar-refractivity contribution in [3.63, 3.8) is 0 Å². The fourth-order valence-corrected chi connectivity index (χ4v) is 2.72. The minimum atomic E-state index is -0.484. The summed E-state index contributed by atoms with van der Waals surface area (Å²) in [6, 6.07) is 3.12. The summed E-state index contributed by atoms with van der Waals surface area (Å²) in [5.41, 5.74) is 0. The van der Waals surface area contributed by atoms with Crippen LogP contribution in [-0.4, -0.2) is 29.3 Å². The molecule has 84 valence electrons. The number of rotatable bonds is 3. The number of nitrogens with zero attached hydrogens (tertiary/aromatic N) is 4. The number of pyridine rings is 1. The largest absolute Gasteiger partial charge is 0.353 e. The molecule has 0 radical (unpaired) electrons. The molecule has 2 rings (SSSR count). The Labute approximate surface area is 101 Å². The van der Waals surface area contributed by atoms with Gasteiger partial charge in [-0.1, -0.05) is 23.1 Å². The second kappa shape index (κ2) is 4.75. The zero-order chi connectivity index (χ0) is 11.5. The minimum absolute atomic E-state index is 0.484. The van der Waals surface area contributed by atoms with E-state index >= 15 is 0 Å². The van der Waals surface area contributed by atoms with Crippen molar-refractivity contribution in [2.75, 3.05) is 19.0 Å². The average molecular weight is 256 g/mol. The van der Waals surface area contributed by atoms with Gasteiger partial charge in [0, 0.05) is 31.3 Å². The van der Waals surface area contributed by atoms with Crippen molar-refractivity contribution in [1.29, 1.82) is 0 Å². The summed E-state index contributed by atoms with van der Waals surface area (Å²) in [5, 5.41) is 8.84. The van der Waals surface area contributed by atoms with Gasteiger partial charge in [-0.15, -0.1) is 10.2 Å². The quantitative estimate of drug-likeness (QED) is 0.788. The third-order valence-corrected chi connectivity index (χ3v) is 3.81. The van der Waals surface area contributed by atoms with Gasteiger partial charge in [0.1, 0.15) is 0 Å². The zero-order valence-corrected chi connectivity index (χ0v) is 10.3. The van der Waals surface area contributed by atoms with Gasteiger partial charge in [0.25, 0.3) is 0 Å². The Balaban J connectivity index is 2.14. The van der Waals surface area contributed by atoms with Gasteiger partial charge in [0.05, 0.1) is 0 Å². The molecule has 0 aliphatic rings. The van der Waals surface area contributed by atoms with Crippen molar-refractivity contribution in [3.05, 3.63) is 24.3 Å².